The fourth-order valence-electron chi connectivity index (χ4n) is 2.16. The molecule has 24 heavy (non-hydrogen) atoms. The van der Waals surface area contributed by atoms with Crippen molar-refractivity contribution in [1.29, 1.82) is 0 Å². The lowest BCUT2D eigenvalue weighted by molar-refractivity contribution is 0.311. The van der Waals surface area contributed by atoms with Crippen LogP contribution in [0.4, 0.5) is 23.5 Å². The van der Waals surface area contributed by atoms with Gasteiger partial charge in [0.1, 0.15) is 11.0 Å². The summed E-state index contributed by atoms with van der Waals surface area (Å²) < 4.78 is 0. The average Bonchev–Trinajstić information content (AvgIpc) is 2.59. The molecule has 2 rings (SSSR count). The monoisotopic (exact) mass is 334 g/mol. The van der Waals surface area contributed by atoms with Crippen molar-refractivity contribution >= 4 is 34.6 Å². The third-order valence-corrected chi connectivity index (χ3v) is 3.16. The van der Waals surface area contributed by atoms with Gasteiger partial charge in [-0.3, -0.25) is 0 Å². The van der Waals surface area contributed by atoms with Crippen LogP contribution in [-0.4, -0.2) is 57.8 Å². The van der Waals surface area contributed by atoms with Gasteiger partial charge in [0.2, 0.25) is 11.9 Å². The van der Waals surface area contributed by atoms with E-state index in [9.17, 15) is 0 Å². The number of fused-ring (bicyclic) bond motifs is 1. The lowest BCUT2D eigenvalue weighted by Crippen LogP contribution is -2.14. The maximum absolute atomic E-state index is 8.99. The summed E-state index contributed by atoms with van der Waals surface area (Å²) in [6.07, 6.45) is 0.985. The Hall–Kier alpha value is -2.42. The molecular formula is C15H26N8O. The molecule has 0 atom stereocenters. The van der Waals surface area contributed by atoms with E-state index in [-0.39, 0.29) is 6.61 Å². The first-order valence-corrected chi connectivity index (χ1v) is 8.39. The van der Waals surface area contributed by atoms with E-state index in [2.05, 4.69) is 48.1 Å². The van der Waals surface area contributed by atoms with E-state index in [4.69, 9.17) is 5.11 Å². The lowest BCUT2D eigenvalue weighted by Gasteiger charge is -2.14. The van der Waals surface area contributed by atoms with Crippen LogP contribution in [0.2, 0.25) is 0 Å². The van der Waals surface area contributed by atoms with Crippen LogP contribution in [0.5, 0.6) is 0 Å². The fraction of sp³-hybridized carbons (Fsp3) is 0.600. The Morgan fingerprint density at radius 2 is 1.21 bits per heavy atom. The molecular weight excluding hydrogens is 308 g/mol. The number of nitrogens with zero attached hydrogens (tertiary/aromatic N) is 4. The molecule has 0 unspecified atom stereocenters. The molecule has 2 aromatic heterocycles. The van der Waals surface area contributed by atoms with Gasteiger partial charge in [0.15, 0.2) is 11.6 Å². The van der Waals surface area contributed by atoms with Crippen LogP contribution < -0.4 is 21.3 Å². The molecule has 0 radical (unpaired) electrons. The minimum absolute atomic E-state index is 0.00831. The van der Waals surface area contributed by atoms with Crippen LogP contribution in [0, 0.1) is 0 Å². The van der Waals surface area contributed by atoms with Crippen LogP contribution in [-0.2, 0) is 0 Å². The van der Waals surface area contributed by atoms with E-state index in [1.807, 2.05) is 13.8 Å². The van der Waals surface area contributed by atoms with E-state index in [0.717, 1.165) is 19.5 Å². The number of anilines is 4. The molecule has 0 spiro atoms. The molecule has 0 saturated heterocycles. The van der Waals surface area contributed by atoms with Gasteiger partial charge >= 0.3 is 0 Å². The van der Waals surface area contributed by atoms with Crippen molar-refractivity contribution in [2.45, 2.75) is 27.2 Å². The predicted octanol–water partition coefficient (Wildman–Crippen LogP) is 1.51. The van der Waals surface area contributed by atoms with Crippen LogP contribution in [0.25, 0.3) is 11.0 Å². The highest BCUT2D eigenvalue weighted by atomic mass is 16.3. The molecule has 9 heteroatoms. The first-order valence-electron chi connectivity index (χ1n) is 8.39. The second-order valence-electron chi connectivity index (χ2n) is 5.13. The van der Waals surface area contributed by atoms with Crippen molar-refractivity contribution in [2.75, 3.05) is 54.1 Å². The van der Waals surface area contributed by atoms with Gasteiger partial charge in [-0.25, -0.2) is 9.97 Å². The Labute approximate surface area is 141 Å². The van der Waals surface area contributed by atoms with Gasteiger partial charge in [0, 0.05) is 26.2 Å². The minimum Gasteiger partial charge on any atom is -0.395 e. The molecule has 0 aliphatic carbocycles. The van der Waals surface area contributed by atoms with Gasteiger partial charge < -0.3 is 26.4 Å². The number of rotatable bonds is 10. The molecule has 0 saturated carbocycles. The van der Waals surface area contributed by atoms with E-state index in [1.165, 1.54) is 0 Å². The molecule has 2 heterocycles. The summed E-state index contributed by atoms with van der Waals surface area (Å²) >= 11 is 0. The van der Waals surface area contributed by atoms with Crippen molar-refractivity contribution in [2.24, 2.45) is 0 Å². The van der Waals surface area contributed by atoms with Crippen molar-refractivity contribution in [3.05, 3.63) is 0 Å². The van der Waals surface area contributed by atoms with Crippen molar-refractivity contribution in [1.82, 2.24) is 19.9 Å². The summed E-state index contributed by atoms with van der Waals surface area (Å²) in [4.78, 5) is 18.1. The Morgan fingerprint density at radius 1 is 0.708 bits per heavy atom. The van der Waals surface area contributed by atoms with E-state index in [1.54, 1.807) is 0 Å². The Balaban J connectivity index is 2.56. The van der Waals surface area contributed by atoms with E-state index < -0.39 is 0 Å². The molecule has 0 aliphatic heterocycles. The topological polar surface area (TPSA) is 120 Å². The first kappa shape index (κ1) is 17.9. The van der Waals surface area contributed by atoms with E-state index >= 15 is 0 Å². The highest BCUT2D eigenvalue weighted by Gasteiger charge is 2.15. The average molecular weight is 334 g/mol. The zero-order valence-electron chi connectivity index (χ0n) is 14.5. The first-order chi connectivity index (χ1) is 11.7. The van der Waals surface area contributed by atoms with Crippen LogP contribution >= 0.6 is 0 Å². The number of hydrogen-bond acceptors (Lipinski definition) is 9. The normalized spacial score (nSPS) is 10.7. The molecule has 9 nitrogen and oxygen atoms in total. The zero-order chi connectivity index (χ0) is 17.4. The van der Waals surface area contributed by atoms with Crippen LogP contribution in [0.3, 0.4) is 0 Å². The molecule has 0 amide bonds. The maximum Gasteiger partial charge on any atom is 0.225 e. The number of aromatic nitrogens is 4. The summed E-state index contributed by atoms with van der Waals surface area (Å²) in [6, 6.07) is 0. The van der Waals surface area contributed by atoms with Crippen LogP contribution in [0.1, 0.15) is 27.2 Å². The van der Waals surface area contributed by atoms with Crippen LogP contribution in [0.15, 0.2) is 0 Å². The molecule has 5 N–H and O–H groups in total. The number of aliphatic hydroxyl groups excluding tert-OH is 1. The molecule has 0 fully saturated rings. The Bertz CT molecular complexity index is 606. The molecule has 2 aromatic rings. The van der Waals surface area contributed by atoms with Crippen molar-refractivity contribution in [3.63, 3.8) is 0 Å². The predicted molar refractivity (Wildman–Crippen MR) is 97.8 cm³/mol. The molecule has 132 valence electrons. The summed E-state index contributed by atoms with van der Waals surface area (Å²) in [6.45, 7) is 8.71. The standard InChI is InChI=1S/C15H26N8O/c1-4-7-18-14-20-10-11(12(22-14)16-5-2)21-15(19-8-9-24)23-13(10)17-6-3/h24H,4-9H2,1-3H3,(H2,16,18,20,22)(H2,17,19,21,23). The summed E-state index contributed by atoms with van der Waals surface area (Å²) in [5.74, 6) is 2.29. The molecule has 0 bridgehead atoms. The fourth-order valence-corrected chi connectivity index (χ4v) is 2.16. The SMILES string of the molecule is CCCNc1nc(NCC)c2nc(NCCO)nc(NCC)c2n1. The summed E-state index contributed by atoms with van der Waals surface area (Å²) in [5.41, 5.74) is 1.31. The third kappa shape index (κ3) is 4.31. The second-order valence-corrected chi connectivity index (χ2v) is 5.13. The Kier molecular flexibility index (Phi) is 6.74. The maximum atomic E-state index is 8.99. The van der Waals surface area contributed by atoms with Gasteiger partial charge in [-0.15, -0.1) is 0 Å². The van der Waals surface area contributed by atoms with Gasteiger partial charge in [0.25, 0.3) is 0 Å². The lowest BCUT2D eigenvalue weighted by atomic mass is 10.3. The molecule has 0 aromatic carbocycles. The summed E-state index contributed by atoms with van der Waals surface area (Å²) in [5, 5.41) is 21.6. The molecule has 0 aliphatic rings. The third-order valence-electron chi connectivity index (χ3n) is 3.16. The summed E-state index contributed by atoms with van der Waals surface area (Å²) in [7, 11) is 0. The quantitative estimate of drug-likeness (QED) is 0.440. The van der Waals surface area contributed by atoms with Gasteiger partial charge in [-0.05, 0) is 20.3 Å². The smallest absolute Gasteiger partial charge is 0.225 e. The number of aliphatic hydroxyl groups is 1. The number of nitrogens with one attached hydrogen (secondary N) is 4. The van der Waals surface area contributed by atoms with Gasteiger partial charge in [-0.1, -0.05) is 6.92 Å². The highest BCUT2D eigenvalue weighted by Crippen LogP contribution is 2.26. The van der Waals surface area contributed by atoms with Crippen molar-refractivity contribution < 1.29 is 5.11 Å². The zero-order valence-corrected chi connectivity index (χ0v) is 14.5. The van der Waals surface area contributed by atoms with Gasteiger partial charge in [0.05, 0.1) is 6.61 Å². The van der Waals surface area contributed by atoms with Gasteiger partial charge in [-0.2, -0.15) is 9.97 Å². The highest BCUT2D eigenvalue weighted by molar-refractivity contribution is 5.94. The minimum atomic E-state index is 0.00831. The van der Waals surface area contributed by atoms with Crippen molar-refractivity contribution in [3.8, 4) is 0 Å². The Morgan fingerprint density at radius 3 is 1.62 bits per heavy atom. The largest absolute Gasteiger partial charge is 0.395 e. The second kappa shape index (κ2) is 9.02. The number of hydrogen-bond donors (Lipinski definition) is 5. The van der Waals surface area contributed by atoms with E-state index in [0.29, 0.717) is 47.7 Å².